The molecule has 70 valence electrons. The fraction of sp³-hybridized carbons (Fsp3) is 0.222. The maximum absolute atomic E-state index is 13.1. The largest absolute Gasteiger partial charge is 0.423 e. The van der Waals surface area contributed by atoms with Crippen molar-refractivity contribution in [1.29, 1.82) is 0 Å². The molecule has 0 heterocycles. The zero-order chi connectivity index (χ0) is 10.0. The molecule has 1 aromatic rings. The molecular weight excluding hydrogens is 173 g/mol. The molecule has 0 fully saturated rings. The normalized spacial score (nSPS) is 9.77. The highest BCUT2D eigenvalue weighted by Gasteiger charge is 2.10. The van der Waals surface area contributed by atoms with Crippen molar-refractivity contribution in [2.24, 2.45) is 0 Å². The first-order chi connectivity index (χ1) is 6.00. The monoisotopic (exact) mass is 183 g/mol. The lowest BCUT2D eigenvalue weighted by Crippen LogP contribution is -2.05. The minimum Gasteiger partial charge on any atom is -0.423 e. The van der Waals surface area contributed by atoms with Gasteiger partial charge >= 0.3 is 5.97 Å². The summed E-state index contributed by atoms with van der Waals surface area (Å²) in [4.78, 5) is 10.6. The summed E-state index contributed by atoms with van der Waals surface area (Å²) in [6.45, 7) is 2.84. The van der Waals surface area contributed by atoms with E-state index < -0.39 is 11.8 Å². The third kappa shape index (κ3) is 2.18. The van der Waals surface area contributed by atoms with E-state index in [0.29, 0.717) is 11.3 Å². The molecule has 0 bridgehead atoms. The predicted octanol–water partition coefficient (Wildman–Crippen LogP) is 1.64. The van der Waals surface area contributed by atoms with Gasteiger partial charge in [0.1, 0.15) is 0 Å². The van der Waals surface area contributed by atoms with Gasteiger partial charge in [-0.05, 0) is 18.6 Å². The molecule has 0 aliphatic heterocycles. The molecule has 0 aliphatic carbocycles. The number of anilines is 1. The van der Waals surface area contributed by atoms with Gasteiger partial charge in [-0.3, -0.25) is 4.79 Å². The van der Waals surface area contributed by atoms with Crippen molar-refractivity contribution < 1.29 is 13.9 Å². The number of aryl methyl sites for hydroxylation is 1. The molecule has 0 spiro atoms. The van der Waals surface area contributed by atoms with Crippen molar-refractivity contribution in [3.63, 3.8) is 0 Å². The molecule has 0 unspecified atom stereocenters. The quantitative estimate of drug-likeness (QED) is 0.409. The minimum absolute atomic E-state index is 0.0540. The van der Waals surface area contributed by atoms with E-state index in [2.05, 4.69) is 4.74 Å². The highest BCUT2D eigenvalue weighted by molar-refractivity contribution is 5.70. The molecule has 0 atom stereocenters. The molecule has 0 saturated heterocycles. The van der Waals surface area contributed by atoms with Crippen LogP contribution in [0.4, 0.5) is 10.1 Å². The Morgan fingerprint density at radius 2 is 2.15 bits per heavy atom. The van der Waals surface area contributed by atoms with E-state index in [9.17, 15) is 9.18 Å². The van der Waals surface area contributed by atoms with Crippen LogP contribution in [0.15, 0.2) is 12.1 Å². The Bertz CT molecular complexity index is 326. The zero-order valence-corrected chi connectivity index (χ0v) is 7.43. The van der Waals surface area contributed by atoms with Crippen LogP contribution < -0.4 is 10.5 Å². The smallest absolute Gasteiger partial charge is 0.308 e. The van der Waals surface area contributed by atoms with Crippen LogP contribution in [0.3, 0.4) is 0 Å². The number of carbonyl (C=O) groups excluding carboxylic acids is 1. The number of ether oxygens (including phenoxy) is 1. The Hall–Kier alpha value is -1.58. The number of hydrogen-bond donors (Lipinski definition) is 1. The minimum atomic E-state index is -0.618. The van der Waals surface area contributed by atoms with E-state index in [-0.39, 0.29) is 5.75 Å². The van der Waals surface area contributed by atoms with Gasteiger partial charge in [0.05, 0.1) is 0 Å². The van der Waals surface area contributed by atoms with Gasteiger partial charge in [-0.1, -0.05) is 0 Å². The van der Waals surface area contributed by atoms with E-state index in [1.54, 1.807) is 13.0 Å². The summed E-state index contributed by atoms with van der Waals surface area (Å²) in [5.74, 6) is -1.22. The van der Waals surface area contributed by atoms with Crippen LogP contribution in [-0.4, -0.2) is 5.97 Å². The summed E-state index contributed by atoms with van der Waals surface area (Å²) in [5.41, 5.74) is 6.20. The number of nitrogens with two attached hydrogens (primary N) is 1. The lowest BCUT2D eigenvalue weighted by molar-refractivity contribution is -0.132. The van der Waals surface area contributed by atoms with Gasteiger partial charge < -0.3 is 10.5 Å². The van der Waals surface area contributed by atoms with Crippen LogP contribution in [-0.2, 0) is 4.79 Å². The molecule has 1 aromatic carbocycles. The highest BCUT2D eigenvalue weighted by Crippen LogP contribution is 2.24. The van der Waals surface area contributed by atoms with Crippen LogP contribution in [0, 0.1) is 12.7 Å². The van der Waals surface area contributed by atoms with E-state index in [4.69, 9.17) is 5.73 Å². The Morgan fingerprint density at radius 1 is 1.54 bits per heavy atom. The average molecular weight is 183 g/mol. The molecule has 0 aromatic heterocycles. The summed E-state index contributed by atoms with van der Waals surface area (Å²) in [5, 5.41) is 0. The second-order valence-corrected chi connectivity index (χ2v) is 2.74. The van der Waals surface area contributed by atoms with Crippen LogP contribution in [0.2, 0.25) is 0 Å². The molecule has 0 amide bonds. The van der Waals surface area contributed by atoms with Crippen molar-refractivity contribution in [2.75, 3.05) is 5.73 Å². The molecule has 0 radical (unpaired) electrons. The first-order valence-electron chi connectivity index (χ1n) is 3.74. The molecule has 0 saturated carbocycles. The third-order valence-electron chi connectivity index (χ3n) is 1.50. The van der Waals surface area contributed by atoms with E-state index >= 15 is 0 Å². The van der Waals surface area contributed by atoms with Crippen LogP contribution in [0.5, 0.6) is 5.75 Å². The number of benzene rings is 1. The van der Waals surface area contributed by atoms with Crippen LogP contribution in [0.1, 0.15) is 12.5 Å². The summed E-state index contributed by atoms with van der Waals surface area (Å²) in [6, 6.07) is 2.66. The SMILES string of the molecule is CC(=O)Oc1c(C)cc(N)cc1F. The zero-order valence-electron chi connectivity index (χ0n) is 7.43. The average Bonchev–Trinajstić information content (AvgIpc) is 1.96. The number of halogens is 1. The fourth-order valence-electron chi connectivity index (χ4n) is 1.03. The Morgan fingerprint density at radius 3 is 2.62 bits per heavy atom. The second-order valence-electron chi connectivity index (χ2n) is 2.74. The van der Waals surface area contributed by atoms with Crippen LogP contribution in [0.25, 0.3) is 0 Å². The number of esters is 1. The van der Waals surface area contributed by atoms with Gasteiger partial charge in [-0.15, -0.1) is 0 Å². The summed E-state index contributed by atoms with van der Waals surface area (Å²) in [6.07, 6.45) is 0. The topological polar surface area (TPSA) is 52.3 Å². The second kappa shape index (κ2) is 3.43. The lowest BCUT2D eigenvalue weighted by Gasteiger charge is -2.07. The summed E-state index contributed by atoms with van der Waals surface area (Å²) >= 11 is 0. The van der Waals surface area contributed by atoms with Crippen molar-refractivity contribution in [3.05, 3.63) is 23.5 Å². The molecule has 13 heavy (non-hydrogen) atoms. The number of carbonyl (C=O) groups is 1. The highest BCUT2D eigenvalue weighted by atomic mass is 19.1. The van der Waals surface area contributed by atoms with Crippen molar-refractivity contribution in [2.45, 2.75) is 13.8 Å². The van der Waals surface area contributed by atoms with E-state index in [1.807, 2.05) is 0 Å². The van der Waals surface area contributed by atoms with E-state index in [0.717, 1.165) is 6.07 Å². The molecular formula is C9H10FNO2. The van der Waals surface area contributed by atoms with Gasteiger partial charge in [0.25, 0.3) is 0 Å². The fourth-order valence-corrected chi connectivity index (χ4v) is 1.03. The molecule has 0 aliphatic rings. The number of nitrogen functional groups attached to an aromatic ring is 1. The number of rotatable bonds is 1. The predicted molar refractivity (Wildman–Crippen MR) is 46.9 cm³/mol. The summed E-state index contributed by atoms with van der Waals surface area (Å²) in [7, 11) is 0. The Kier molecular flexibility index (Phi) is 2.51. The Labute approximate surface area is 75.3 Å². The maximum atomic E-state index is 13.1. The molecule has 2 N–H and O–H groups in total. The molecule has 1 rings (SSSR count). The van der Waals surface area contributed by atoms with Crippen LogP contribution >= 0.6 is 0 Å². The van der Waals surface area contributed by atoms with Gasteiger partial charge in [-0.25, -0.2) is 4.39 Å². The van der Waals surface area contributed by atoms with Gasteiger partial charge in [0.15, 0.2) is 11.6 Å². The summed E-state index contributed by atoms with van der Waals surface area (Å²) < 4.78 is 17.8. The van der Waals surface area contributed by atoms with Gasteiger partial charge in [-0.2, -0.15) is 0 Å². The van der Waals surface area contributed by atoms with Gasteiger partial charge in [0, 0.05) is 18.7 Å². The third-order valence-corrected chi connectivity index (χ3v) is 1.50. The van der Waals surface area contributed by atoms with Crippen molar-refractivity contribution >= 4 is 11.7 Å². The molecule has 4 heteroatoms. The maximum Gasteiger partial charge on any atom is 0.308 e. The Balaban J connectivity index is 3.13. The number of hydrogen-bond acceptors (Lipinski definition) is 3. The first-order valence-corrected chi connectivity index (χ1v) is 3.74. The van der Waals surface area contributed by atoms with Gasteiger partial charge in [0.2, 0.25) is 0 Å². The standard InChI is InChI=1S/C9H10FNO2/c1-5-3-7(11)4-8(10)9(5)13-6(2)12/h3-4H,11H2,1-2H3. The lowest BCUT2D eigenvalue weighted by atomic mass is 10.2. The molecule has 3 nitrogen and oxygen atoms in total. The van der Waals surface area contributed by atoms with Crippen molar-refractivity contribution in [1.82, 2.24) is 0 Å². The first kappa shape index (κ1) is 9.51. The van der Waals surface area contributed by atoms with E-state index in [1.165, 1.54) is 6.92 Å². The van der Waals surface area contributed by atoms with Crippen molar-refractivity contribution in [3.8, 4) is 5.75 Å².